The number of rotatable bonds is 7. The molecule has 0 saturated carbocycles. The molecule has 0 radical (unpaired) electrons. The maximum absolute atomic E-state index is 2.60. The van der Waals surface area contributed by atoms with E-state index in [9.17, 15) is 0 Å². The van der Waals surface area contributed by atoms with Crippen molar-refractivity contribution < 1.29 is 0 Å². The van der Waals surface area contributed by atoms with Crippen LogP contribution in [0, 0.1) is 0 Å². The molecule has 0 aliphatic heterocycles. The third-order valence-corrected chi connectivity index (χ3v) is 30.9. The second-order valence-corrected chi connectivity index (χ2v) is 29.9. The molecule has 0 N–H and O–H groups in total. The van der Waals surface area contributed by atoms with Crippen LogP contribution in [-0.2, 0) is 0 Å². The van der Waals surface area contributed by atoms with E-state index in [0.717, 1.165) is 0 Å². The number of benzene rings is 4. The van der Waals surface area contributed by atoms with Crippen molar-refractivity contribution in [3.63, 3.8) is 0 Å². The van der Waals surface area contributed by atoms with Gasteiger partial charge in [0.05, 0.1) is 16.1 Å². The molecular weight excluding hydrogens is 490 g/mol. The summed E-state index contributed by atoms with van der Waals surface area (Å²) in [7, 11) is -4.09. The van der Waals surface area contributed by atoms with Gasteiger partial charge in [-0.2, -0.15) is 0 Å². The quantitative estimate of drug-likeness (QED) is 0.171. The van der Waals surface area contributed by atoms with Crippen LogP contribution in [0.15, 0.2) is 121 Å². The van der Waals surface area contributed by atoms with Crippen LogP contribution in [-0.4, -0.2) is 20.7 Å². The minimum absolute atomic E-state index is 0.676. The van der Waals surface area contributed by atoms with Gasteiger partial charge in [0.1, 0.15) is 0 Å². The fraction of sp³-hybridized carbons (Fsp3) is 0.194. The van der Waals surface area contributed by atoms with Crippen LogP contribution in [0.3, 0.4) is 0 Å². The Morgan fingerprint density at radius 3 is 1.03 bits per heavy atom. The molecule has 4 aromatic carbocycles. The second-order valence-electron chi connectivity index (χ2n) is 11.1. The summed E-state index contributed by atoms with van der Waals surface area (Å²) in [5.74, 6) is 0. The van der Waals surface area contributed by atoms with Crippen molar-refractivity contribution in [3.8, 4) is 0 Å². The summed E-state index contributed by atoms with van der Waals surface area (Å²) in [6, 6.07) is 46.1. The smallest absolute Gasteiger partial charge is 0.0695 e. The fourth-order valence-corrected chi connectivity index (χ4v) is 41.5. The average Bonchev–Trinajstić information content (AvgIpc) is 2.84. The minimum Gasteiger partial charge on any atom is -0.0809 e. The lowest BCUT2D eigenvalue weighted by molar-refractivity contribution is 1.74. The topological polar surface area (TPSA) is 0 Å². The first-order valence-corrected chi connectivity index (χ1v) is 23.3. The maximum Gasteiger partial charge on any atom is 0.0695 e. The van der Waals surface area contributed by atoms with Crippen molar-refractivity contribution in [3.05, 3.63) is 121 Å². The molecule has 0 saturated heterocycles. The Morgan fingerprint density at radius 1 is 0.457 bits per heavy atom. The van der Waals surface area contributed by atoms with Gasteiger partial charge >= 0.3 is 0 Å². The van der Waals surface area contributed by atoms with E-state index in [4.69, 9.17) is 0 Å². The molecule has 0 aliphatic rings. The van der Waals surface area contributed by atoms with Crippen LogP contribution in [0.5, 0.6) is 0 Å². The Morgan fingerprint density at radius 2 is 0.743 bits per heavy atom. The van der Waals surface area contributed by atoms with Crippen LogP contribution in [0.1, 0.15) is 0 Å². The van der Waals surface area contributed by atoms with E-state index in [-0.39, 0.29) is 0 Å². The second kappa shape index (κ2) is 10.6. The molecule has 0 atom stereocenters. The minimum atomic E-state index is -2.00. The molecule has 0 aromatic heterocycles. The van der Waals surface area contributed by atoms with Crippen molar-refractivity contribution in [1.29, 1.82) is 0 Å². The van der Waals surface area contributed by atoms with Gasteiger partial charge in [0.25, 0.3) is 0 Å². The Labute approximate surface area is 216 Å². The van der Waals surface area contributed by atoms with Gasteiger partial charge in [-0.15, -0.1) is 0 Å². The largest absolute Gasteiger partial charge is 0.0809 e. The zero-order chi connectivity index (χ0) is 25.1. The van der Waals surface area contributed by atoms with Crippen molar-refractivity contribution in [1.82, 2.24) is 0 Å². The van der Waals surface area contributed by atoms with E-state index < -0.39 is 30.3 Å². The molecule has 35 heavy (non-hydrogen) atoms. The van der Waals surface area contributed by atoms with Gasteiger partial charge < -0.3 is 0 Å². The third-order valence-electron chi connectivity index (χ3n) is 6.31. The number of hydrogen-bond acceptors (Lipinski definition) is 0. The van der Waals surface area contributed by atoms with Gasteiger partial charge in [0.2, 0.25) is 0 Å². The lowest BCUT2D eigenvalue weighted by Gasteiger charge is -2.47. The summed E-state index contributed by atoms with van der Waals surface area (Å²) >= 11 is 0. The summed E-state index contributed by atoms with van der Waals surface area (Å²) in [5, 5.41) is 6.07. The number of hydrogen-bond donors (Lipinski definition) is 0. The zero-order valence-electron chi connectivity index (χ0n) is 21.9. The molecule has 0 heterocycles. The lowest BCUT2D eigenvalue weighted by Crippen LogP contribution is -2.52. The Bertz CT molecular complexity index is 1190. The predicted octanol–water partition coefficient (Wildman–Crippen LogP) is 7.63. The molecule has 0 nitrogen and oxygen atoms in total. The zero-order valence-corrected chi connectivity index (χ0v) is 25.7. The van der Waals surface area contributed by atoms with Crippen LogP contribution in [0.25, 0.3) is 0 Å². The molecule has 0 spiro atoms. The fourth-order valence-electron chi connectivity index (χ4n) is 5.76. The normalized spacial score (nSPS) is 12.5. The van der Waals surface area contributed by atoms with Crippen molar-refractivity contribution >= 4 is 56.1 Å². The van der Waals surface area contributed by atoms with Crippen molar-refractivity contribution in [2.24, 2.45) is 0 Å². The van der Waals surface area contributed by atoms with E-state index in [0.29, 0.717) is 0 Å². The standard InChI is InChI=1S/C31H38P2Si2/c1-34(2,3)31(35(4,5)6)33(29-23-15-9-16-24-29,30-25-17-10-18-26-30)32(27-19-11-7-12-20-27)28-21-13-8-14-22-28/h7-26H,1-6H3. The highest BCUT2D eigenvalue weighted by atomic mass is 32.1. The van der Waals surface area contributed by atoms with E-state index in [1.54, 1.807) is 10.6 Å². The van der Waals surface area contributed by atoms with Gasteiger partial charge in [0.15, 0.2) is 0 Å². The monoisotopic (exact) mass is 528 g/mol. The predicted molar refractivity (Wildman–Crippen MR) is 170 cm³/mol. The van der Waals surface area contributed by atoms with Gasteiger partial charge in [-0.25, -0.2) is 0 Å². The van der Waals surface area contributed by atoms with Crippen molar-refractivity contribution in [2.45, 2.75) is 39.3 Å². The third kappa shape index (κ3) is 5.28. The Kier molecular flexibility index (Phi) is 7.89. The molecule has 0 unspecified atom stereocenters. The molecule has 0 amide bonds. The lowest BCUT2D eigenvalue weighted by atomic mass is 10.4. The maximum atomic E-state index is 2.60. The van der Waals surface area contributed by atoms with Crippen molar-refractivity contribution in [2.75, 3.05) is 0 Å². The summed E-state index contributed by atoms with van der Waals surface area (Å²) < 4.78 is 1.95. The molecule has 0 fully saturated rings. The summed E-state index contributed by atoms with van der Waals surface area (Å²) in [5.41, 5.74) is 0. The molecule has 4 rings (SSSR count). The highest BCUT2D eigenvalue weighted by Crippen LogP contribution is 2.75. The summed E-state index contributed by atoms with van der Waals surface area (Å²) in [6.45, 7) is 13.6. The molecule has 0 aliphatic carbocycles. The van der Waals surface area contributed by atoms with Crippen LogP contribution in [0.2, 0.25) is 39.3 Å². The molecular formula is C31H38P2Si2. The summed E-state index contributed by atoms with van der Waals surface area (Å²) in [4.78, 5) is 0. The molecule has 0 bridgehead atoms. The van der Waals surface area contributed by atoms with E-state index in [1.165, 1.54) is 10.6 Å². The molecule has 180 valence electrons. The summed E-state index contributed by atoms with van der Waals surface area (Å²) in [6.07, 6.45) is 0. The Balaban J connectivity index is 2.37. The highest BCUT2D eigenvalue weighted by Gasteiger charge is 2.45. The molecule has 4 heteroatoms. The first-order chi connectivity index (χ1) is 16.7. The SMILES string of the molecule is C[Si](C)(C)C([Si](C)(C)C)=P(c1ccccc1)(c1ccccc1)P(c1ccccc1)c1ccccc1. The first-order valence-electron chi connectivity index (χ1n) is 12.5. The van der Waals surface area contributed by atoms with Gasteiger partial charge in [-0.3, -0.25) is 0 Å². The van der Waals surface area contributed by atoms with E-state index in [2.05, 4.69) is 161 Å². The molecule has 4 aromatic rings. The van der Waals surface area contributed by atoms with Crippen LogP contribution >= 0.6 is 14.2 Å². The van der Waals surface area contributed by atoms with Crippen LogP contribution in [0.4, 0.5) is 0 Å². The van der Waals surface area contributed by atoms with Crippen LogP contribution < -0.4 is 21.2 Å². The van der Waals surface area contributed by atoms with E-state index >= 15 is 0 Å². The van der Waals surface area contributed by atoms with Gasteiger partial charge in [-0.1, -0.05) is 165 Å². The first kappa shape index (κ1) is 26.1. The highest BCUT2D eigenvalue weighted by molar-refractivity contribution is 8.50. The van der Waals surface area contributed by atoms with E-state index in [1.807, 2.05) is 4.54 Å². The Hall–Kier alpha value is -1.96. The van der Waals surface area contributed by atoms with Gasteiger partial charge in [-0.05, 0) is 35.4 Å². The van der Waals surface area contributed by atoms with Gasteiger partial charge in [0, 0.05) is 0 Å². The average molecular weight is 529 g/mol.